The third-order valence-electron chi connectivity index (χ3n) is 4.71. The molecule has 25 heavy (non-hydrogen) atoms. The van der Waals surface area contributed by atoms with E-state index in [1.807, 2.05) is 24.3 Å². The van der Waals surface area contributed by atoms with Crippen molar-refractivity contribution in [2.45, 2.75) is 18.4 Å². The van der Waals surface area contributed by atoms with E-state index < -0.39 is 17.5 Å². The van der Waals surface area contributed by atoms with Crippen LogP contribution in [0.3, 0.4) is 0 Å². The molecule has 1 unspecified atom stereocenters. The number of imide groups is 1. The third kappa shape index (κ3) is 2.37. The first kappa shape index (κ1) is 15.4. The predicted molar refractivity (Wildman–Crippen MR) is 88.5 cm³/mol. The highest BCUT2D eigenvalue weighted by atomic mass is 16.2. The summed E-state index contributed by atoms with van der Waals surface area (Å²) in [6.07, 6.45) is 2.92. The first-order valence-corrected chi connectivity index (χ1v) is 8.01. The maximum absolute atomic E-state index is 12.9. The standard InChI is InChI=1S/C17H17N5O3/c1-21-9-7-13(20-21)18-14(23)10-22-15(24)17(19-16(22)25)8-6-11-4-2-3-5-12(11)17/h2-5,7,9H,6,8,10H2,1H3,(H,19,25)(H,18,20,23). The van der Waals surface area contributed by atoms with Gasteiger partial charge in [-0.05, 0) is 24.0 Å². The molecular formula is C17H17N5O3. The second-order valence-corrected chi connectivity index (χ2v) is 6.31. The summed E-state index contributed by atoms with van der Waals surface area (Å²) in [5, 5.41) is 9.43. The van der Waals surface area contributed by atoms with Crippen LogP contribution < -0.4 is 10.6 Å². The van der Waals surface area contributed by atoms with Crippen molar-refractivity contribution in [2.24, 2.45) is 7.05 Å². The Kier molecular flexibility index (Phi) is 3.34. The van der Waals surface area contributed by atoms with Gasteiger partial charge in [-0.3, -0.25) is 19.2 Å². The number of hydrogen-bond donors (Lipinski definition) is 2. The Morgan fingerprint density at radius 3 is 2.88 bits per heavy atom. The molecule has 0 saturated carbocycles. The van der Waals surface area contributed by atoms with Crippen molar-refractivity contribution < 1.29 is 14.4 Å². The van der Waals surface area contributed by atoms with Gasteiger partial charge < -0.3 is 10.6 Å². The van der Waals surface area contributed by atoms with E-state index in [9.17, 15) is 14.4 Å². The lowest BCUT2D eigenvalue weighted by molar-refractivity contribution is -0.134. The van der Waals surface area contributed by atoms with Gasteiger partial charge in [-0.25, -0.2) is 4.79 Å². The summed E-state index contributed by atoms with van der Waals surface area (Å²) in [6.45, 7) is -0.342. The summed E-state index contributed by atoms with van der Waals surface area (Å²) in [6, 6.07) is 8.67. The fourth-order valence-electron chi connectivity index (χ4n) is 3.54. The molecular weight excluding hydrogens is 322 g/mol. The molecule has 1 atom stereocenters. The van der Waals surface area contributed by atoms with Crippen LogP contribution in [0.25, 0.3) is 0 Å². The van der Waals surface area contributed by atoms with E-state index in [4.69, 9.17) is 0 Å². The zero-order chi connectivity index (χ0) is 17.6. The minimum Gasteiger partial charge on any atom is -0.319 e. The van der Waals surface area contributed by atoms with E-state index in [-0.39, 0.29) is 12.5 Å². The molecule has 8 nitrogen and oxygen atoms in total. The molecule has 2 N–H and O–H groups in total. The molecule has 0 radical (unpaired) electrons. The van der Waals surface area contributed by atoms with Crippen LogP contribution in [0.5, 0.6) is 0 Å². The van der Waals surface area contributed by atoms with Crippen LogP contribution in [0.1, 0.15) is 17.5 Å². The van der Waals surface area contributed by atoms with Crippen molar-refractivity contribution in [3.05, 3.63) is 47.7 Å². The molecule has 1 aromatic heterocycles. The van der Waals surface area contributed by atoms with Crippen molar-refractivity contribution in [1.29, 1.82) is 0 Å². The highest BCUT2D eigenvalue weighted by Crippen LogP contribution is 2.41. The summed E-state index contributed by atoms with van der Waals surface area (Å²) in [5.74, 6) is -0.468. The molecule has 128 valence electrons. The first-order valence-electron chi connectivity index (χ1n) is 8.01. The van der Waals surface area contributed by atoms with E-state index in [1.165, 1.54) is 0 Å². The number of urea groups is 1. The summed E-state index contributed by atoms with van der Waals surface area (Å²) in [5.41, 5.74) is 0.829. The molecule has 0 bridgehead atoms. The minimum absolute atomic E-state index is 0.342. The number of nitrogens with zero attached hydrogens (tertiary/aromatic N) is 3. The second-order valence-electron chi connectivity index (χ2n) is 6.31. The molecule has 1 spiro atoms. The van der Waals surface area contributed by atoms with Crippen molar-refractivity contribution in [2.75, 3.05) is 11.9 Å². The minimum atomic E-state index is -1.04. The van der Waals surface area contributed by atoms with E-state index >= 15 is 0 Å². The van der Waals surface area contributed by atoms with Gasteiger partial charge in [-0.1, -0.05) is 24.3 Å². The van der Waals surface area contributed by atoms with Crippen LogP contribution in [0.2, 0.25) is 0 Å². The highest BCUT2D eigenvalue weighted by molar-refractivity contribution is 6.10. The number of carbonyl (C=O) groups excluding carboxylic acids is 3. The molecule has 2 aromatic rings. The Labute approximate surface area is 143 Å². The maximum atomic E-state index is 12.9. The van der Waals surface area contributed by atoms with E-state index in [0.29, 0.717) is 12.2 Å². The molecule has 1 aliphatic carbocycles. The molecule has 1 fully saturated rings. The van der Waals surface area contributed by atoms with Gasteiger partial charge in [-0.2, -0.15) is 5.10 Å². The third-order valence-corrected chi connectivity index (χ3v) is 4.71. The van der Waals surface area contributed by atoms with Crippen LogP contribution in [0, 0.1) is 0 Å². The average molecular weight is 339 g/mol. The number of benzene rings is 1. The Bertz CT molecular complexity index is 890. The number of anilines is 1. The average Bonchev–Trinajstić information content (AvgIpc) is 3.22. The summed E-state index contributed by atoms with van der Waals surface area (Å²) < 4.78 is 1.55. The monoisotopic (exact) mass is 339 g/mol. The Balaban J connectivity index is 1.53. The molecule has 1 saturated heterocycles. The van der Waals surface area contributed by atoms with Gasteiger partial charge in [0, 0.05) is 19.3 Å². The molecule has 2 aliphatic rings. The number of fused-ring (bicyclic) bond motifs is 2. The van der Waals surface area contributed by atoms with Crippen LogP contribution in [-0.2, 0) is 28.6 Å². The zero-order valence-electron chi connectivity index (χ0n) is 13.7. The van der Waals surface area contributed by atoms with Crippen molar-refractivity contribution >= 4 is 23.7 Å². The van der Waals surface area contributed by atoms with Crippen molar-refractivity contribution in [3.63, 3.8) is 0 Å². The normalized spacial score (nSPS) is 21.6. The van der Waals surface area contributed by atoms with Crippen LogP contribution in [0.15, 0.2) is 36.5 Å². The van der Waals surface area contributed by atoms with E-state index in [1.54, 1.807) is 24.0 Å². The number of rotatable bonds is 3. The molecule has 4 rings (SSSR count). The summed E-state index contributed by atoms with van der Waals surface area (Å²) in [4.78, 5) is 38.4. The van der Waals surface area contributed by atoms with E-state index in [2.05, 4.69) is 15.7 Å². The lowest BCUT2D eigenvalue weighted by atomic mass is 9.92. The van der Waals surface area contributed by atoms with Crippen molar-refractivity contribution in [1.82, 2.24) is 20.0 Å². The maximum Gasteiger partial charge on any atom is 0.325 e. The molecule has 1 aliphatic heterocycles. The van der Waals surface area contributed by atoms with Gasteiger partial charge in [-0.15, -0.1) is 0 Å². The number of aryl methyl sites for hydroxylation is 2. The van der Waals surface area contributed by atoms with E-state index in [0.717, 1.165) is 22.4 Å². The number of hydrogen-bond acceptors (Lipinski definition) is 4. The quantitative estimate of drug-likeness (QED) is 0.807. The molecule has 4 amide bonds. The molecule has 1 aromatic carbocycles. The van der Waals surface area contributed by atoms with Gasteiger partial charge in [0.1, 0.15) is 12.1 Å². The van der Waals surface area contributed by atoms with Gasteiger partial charge in [0.25, 0.3) is 5.91 Å². The SMILES string of the molecule is Cn1ccc(NC(=O)CN2C(=O)NC3(CCc4ccccc43)C2=O)n1. The predicted octanol–water partition coefficient (Wildman–Crippen LogP) is 0.752. The fourth-order valence-corrected chi connectivity index (χ4v) is 3.54. The van der Waals surface area contributed by atoms with Crippen LogP contribution in [0.4, 0.5) is 10.6 Å². The fraction of sp³-hybridized carbons (Fsp3) is 0.294. The largest absolute Gasteiger partial charge is 0.325 e. The van der Waals surface area contributed by atoms with Gasteiger partial charge in [0.15, 0.2) is 5.82 Å². The second kappa shape index (κ2) is 5.44. The Hall–Kier alpha value is -3.16. The number of carbonyl (C=O) groups is 3. The number of aromatic nitrogens is 2. The number of nitrogens with one attached hydrogen (secondary N) is 2. The summed E-state index contributed by atoms with van der Waals surface area (Å²) in [7, 11) is 1.73. The molecule has 2 heterocycles. The smallest absolute Gasteiger partial charge is 0.319 e. The van der Waals surface area contributed by atoms with Crippen LogP contribution in [-0.4, -0.2) is 39.1 Å². The topological polar surface area (TPSA) is 96.3 Å². The Morgan fingerprint density at radius 1 is 1.32 bits per heavy atom. The lowest BCUT2D eigenvalue weighted by Gasteiger charge is -2.22. The van der Waals surface area contributed by atoms with Gasteiger partial charge in [0.05, 0.1) is 0 Å². The van der Waals surface area contributed by atoms with Gasteiger partial charge >= 0.3 is 6.03 Å². The zero-order valence-corrected chi connectivity index (χ0v) is 13.7. The van der Waals surface area contributed by atoms with Gasteiger partial charge in [0.2, 0.25) is 5.91 Å². The number of amides is 4. The molecule has 8 heteroatoms. The summed E-state index contributed by atoms with van der Waals surface area (Å²) >= 11 is 0. The lowest BCUT2D eigenvalue weighted by Crippen LogP contribution is -2.43. The van der Waals surface area contributed by atoms with Crippen LogP contribution >= 0.6 is 0 Å². The Morgan fingerprint density at radius 2 is 2.12 bits per heavy atom. The first-order chi connectivity index (χ1) is 12.0. The highest BCUT2D eigenvalue weighted by Gasteiger charge is 2.55. The van der Waals surface area contributed by atoms with Crippen molar-refractivity contribution in [3.8, 4) is 0 Å².